The van der Waals surface area contributed by atoms with Crippen LogP contribution >= 0.6 is 0 Å². The lowest BCUT2D eigenvalue weighted by Gasteiger charge is -2.41. The Labute approximate surface area is 208 Å². The number of carbonyl (C=O) groups excluding carboxylic acids is 2. The Balaban J connectivity index is 1.69. The predicted octanol–water partition coefficient (Wildman–Crippen LogP) is 5.44. The van der Waals surface area contributed by atoms with Gasteiger partial charge >= 0.3 is 0 Å². The summed E-state index contributed by atoms with van der Waals surface area (Å²) in [5.41, 5.74) is 0.837. The molecule has 0 radical (unpaired) electrons. The number of hydrogen-bond acceptors (Lipinski definition) is 3. The quantitative estimate of drug-likeness (QED) is 0.588. The van der Waals surface area contributed by atoms with E-state index in [-0.39, 0.29) is 29.6 Å². The van der Waals surface area contributed by atoms with E-state index in [0.717, 1.165) is 44.1 Å². The molecule has 6 heteroatoms. The minimum atomic E-state index is -0.622. The maximum absolute atomic E-state index is 14.4. The molecule has 188 valence electrons. The lowest BCUT2D eigenvalue weighted by molar-refractivity contribution is -0.141. The molecule has 1 aliphatic carbocycles. The molecule has 0 saturated heterocycles. The van der Waals surface area contributed by atoms with Gasteiger partial charge in [-0.25, -0.2) is 4.39 Å². The number of hydrogen-bond donors (Lipinski definition) is 0. The van der Waals surface area contributed by atoms with Crippen LogP contribution in [0, 0.1) is 11.7 Å². The number of ether oxygens (including phenoxy) is 1. The molecule has 5 nitrogen and oxygen atoms in total. The summed E-state index contributed by atoms with van der Waals surface area (Å²) in [5.74, 6) is 0.512. The molecule has 0 N–H and O–H groups in total. The van der Waals surface area contributed by atoms with Gasteiger partial charge in [-0.3, -0.25) is 9.59 Å². The van der Waals surface area contributed by atoms with Gasteiger partial charge in [0, 0.05) is 20.1 Å². The van der Waals surface area contributed by atoms with E-state index in [0.29, 0.717) is 31.0 Å². The molecule has 4 rings (SSSR count). The monoisotopic (exact) mass is 480 g/mol. The third-order valence-corrected chi connectivity index (χ3v) is 7.71. The van der Waals surface area contributed by atoms with Gasteiger partial charge in [0.2, 0.25) is 5.91 Å². The van der Waals surface area contributed by atoms with Gasteiger partial charge in [0.05, 0.1) is 17.0 Å². The second-order valence-corrected chi connectivity index (χ2v) is 10.3. The summed E-state index contributed by atoms with van der Waals surface area (Å²) >= 11 is 0. The number of carbonyl (C=O) groups is 2. The van der Waals surface area contributed by atoms with E-state index < -0.39 is 5.41 Å². The molecule has 2 aromatic rings. The van der Waals surface area contributed by atoms with E-state index in [2.05, 4.69) is 13.8 Å². The molecule has 1 atom stereocenters. The zero-order valence-corrected chi connectivity index (χ0v) is 21.1. The highest BCUT2D eigenvalue weighted by Crippen LogP contribution is 2.43. The Kier molecular flexibility index (Phi) is 7.78. The average molecular weight is 481 g/mol. The second kappa shape index (κ2) is 10.8. The number of amides is 2. The molecule has 0 bridgehead atoms. The zero-order chi connectivity index (χ0) is 25.0. The van der Waals surface area contributed by atoms with E-state index in [1.165, 1.54) is 12.1 Å². The van der Waals surface area contributed by atoms with Crippen molar-refractivity contribution in [1.82, 2.24) is 9.80 Å². The summed E-state index contributed by atoms with van der Waals surface area (Å²) in [6.07, 6.45) is 5.14. The first kappa shape index (κ1) is 25.2. The molecule has 1 fully saturated rings. The number of halogens is 1. The third kappa shape index (κ3) is 5.21. The summed E-state index contributed by atoms with van der Waals surface area (Å²) in [5, 5.41) is 0. The van der Waals surface area contributed by atoms with Crippen molar-refractivity contribution in [3.63, 3.8) is 0 Å². The van der Waals surface area contributed by atoms with E-state index in [1.807, 2.05) is 30.1 Å². The van der Waals surface area contributed by atoms with Crippen LogP contribution in [0.25, 0.3) is 0 Å². The van der Waals surface area contributed by atoms with Crippen LogP contribution in [0.3, 0.4) is 0 Å². The van der Waals surface area contributed by atoms with Crippen LogP contribution in [0.4, 0.5) is 4.39 Å². The van der Waals surface area contributed by atoms with Crippen LogP contribution in [0.1, 0.15) is 68.3 Å². The summed E-state index contributed by atoms with van der Waals surface area (Å²) < 4.78 is 20.0. The van der Waals surface area contributed by atoms with Crippen LogP contribution in [-0.4, -0.2) is 54.4 Å². The SMILES string of the molecule is CC(C)[C@H]1COc2ccccc2C(=O)N(C)CCCCN1C(=O)C1(c2ccc(F)cc2)CCCC1. The topological polar surface area (TPSA) is 49.9 Å². The minimum Gasteiger partial charge on any atom is -0.491 e. The van der Waals surface area contributed by atoms with Crippen molar-refractivity contribution in [3.05, 3.63) is 65.5 Å². The van der Waals surface area contributed by atoms with Crippen molar-refractivity contribution in [2.75, 3.05) is 26.7 Å². The largest absolute Gasteiger partial charge is 0.491 e. The van der Waals surface area contributed by atoms with Crippen LogP contribution < -0.4 is 4.74 Å². The highest BCUT2D eigenvalue weighted by atomic mass is 19.1. The maximum atomic E-state index is 14.4. The van der Waals surface area contributed by atoms with Gasteiger partial charge in [0.1, 0.15) is 18.2 Å². The van der Waals surface area contributed by atoms with Gasteiger partial charge in [-0.2, -0.15) is 0 Å². The van der Waals surface area contributed by atoms with Gasteiger partial charge in [-0.15, -0.1) is 0 Å². The third-order valence-electron chi connectivity index (χ3n) is 7.71. The molecule has 0 unspecified atom stereocenters. The summed E-state index contributed by atoms with van der Waals surface area (Å²) in [4.78, 5) is 31.2. The van der Waals surface area contributed by atoms with Crippen molar-refractivity contribution in [2.24, 2.45) is 5.92 Å². The van der Waals surface area contributed by atoms with Gasteiger partial charge in [-0.05, 0) is 61.4 Å². The fraction of sp³-hybridized carbons (Fsp3) is 0.517. The van der Waals surface area contributed by atoms with E-state index in [9.17, 15) is 14.0 Å². The molecule has 2 amide bonds. The smallest absolute Gasteiger partial charge is 0.257 e. The van der Waals surface area contributed by atoms with E-state index in [4.69, 9.17) is 4.74 Å². The number of para-hydroxylation sites is 1. The summed E-state index contributed by atoms with van der Waals surface area (Å²) in [6, 6.07) is 13.7. The maximum Gasteiger partial charge on any atom is 0.257 e. The average Bonchev–Trinajstić information content (AvgIpc) is 3.35. The summed E-state index contributed by atoms with van der Waals surface area (Å²) in [6.45, 7) is 5.77. The lowest BCUT2D eigenvalue weighted by atomic mass is 9.77. The van der Waals surface area contributed by atoms with Crippen LogP contribution in [0.15, 0.2) is 48.5 Å². The number of rotatable bonds is 3. The molecular weight excluding hydrogens is 443 g/mol. The highest BCUT2D eigenvalue weighted by Gasteiger charge is 2.46. The van der Waals surface area contributed by atoms with Crippen LogP contribution in [0.5, 0.6) is 5.75 Å². The molecule has 2 aromatic carbocycles. The molecular formula is C29H37FN2O3. The van der Waals surface area contributed by atoms with Gasteiger partial charge in [-0.1, -0.05) is 51.0 Å². The lowest BCUT2D eigenvalue weighted by Crippen LogP contribution is -2.54. The Morgan fingerprint density at radius 2 is 1.66 bits per heavy atom. The molecule has 2 aliphatic rings. The number of nitrogens with zero attached hydrogens (tertiary/aromatic N) is 2. The van der Waals surface area contributed by atoms with Crippen LogP contribution in [0.2, 0.25) is 0 Å². The molecule has 0 spiro atoms. The molecule has 1 aliphatic heterocycles. The molecule has 1 saturated carbocycles. The Bertz CT molecular complexity index is 1030. The molecule has 35 heavy (non-hydrogen) atoms. The van der Waals surface area contributed by atoms with Crippen molar-refractivity contribution in [3.8, 4) is 5.75 Å². The van der Waals surface area contributed by atoms with Crippen molar-refractivity contribution >= 4 is 11.8 Å². The first-order valence-corrected chi connectivity index (χ1v) is 12.9. The van der Waals surface area contributed by atoms with Gasteiger partial charge < -0.3 is 14.5 Å². The fourth-order valence-electron chi connectivity index (χ4n) is 5.59. The van der Waals surface area contributed by atoms with Crippen LogP contribution in [-0.2, 0) is 10.2 Å². The highest BCUT2D eigenvalue weighted by molar-refractivity contribution is 5.96. The first-order chi connectivity index (χ1) is 16.8. The van der Waals surface area contributed by atoms with Crippen molar-refractivity contribution in [1.29, 1.82) is 0 Å². The first-order valence-electron chi connectivity index (χ1n) is 12.9. The minimum absolute atomic E-state index is 0.0450. The van der Waals surface area contributed by atoms with Crippen molar-refractivity contribution in [2.45, 2.75) is 63.8 Å². The van der Waals surface area contributed by atoms with Gasteiger partial charge in [0.15, 0.2) is 0 Å². The second-order valence-electron chi connectivity index (χ2n) is 10.3. The Morgan fingerprint density at radius 3 is 2.34 bits per heavy atom. The number of fused-ring (bicyclic) bond motifs is 1. The molecule has 1 heterocycles. The normalized spacial score (nSPS) is 21.2. The van der Waals surface area contributed by atoms with Gasteiger partial charge in [0.25, 0.3) is 5.91 Å². The number of benzene rings is 2. The van der Waals surface area contributed by atoms with E-state index >= 15 is 0 Å². The summed E-state index contributed by atoms with van der Waals surface area (Å²) in [7, 11) is 1.81. The Morgan fingerprint density at radius 1 is 1.00 bits per heavy atom. The zero-order valence-electron chi connectivity index (χ0n) is 21.1. The predicted molar refractivity (Wildman–Crippen MR) is 135 cm³/mol. The van der Waals surface area contributed by atoms with Crippen molar-refractivity contribution < 1.29 is 18.7 Å². The fourth-order valence-corrected chi connectivity index (χ4v) is 5.59. The Hall–Kier alpha value is -2.89. The molecule has 0 aromatic heterocycles. The van der Waals surface area contributed by atoms with E-state index in [1.54, 1.807) is 23.1 Å². The standard InChI is InChI=1S/C29H37FN2O3/c1-21(2)25-20-35-26-11-5-4-10-24(26)27(33)31(3)18-8-9-19-32(25)28(34)29(16-6-7-17-29)22-12-14-23(30)15-13-22/h4-5,10-15,21,25H,6-9,16-20H2,1-3H3/t25-/m1/s1.